The first-order valence-corrected chi connectivity index (χ1v) is 7.32. The maximum Gasteiger partial charge on any atom is 0.0828 e. The lowest BCUT2D eigenvalue weighted by Gasteiger charge is -2.31. The van der Waals surface area contributed by atoms with Crippen LogP contribution in [0.2, 0.25) is 0 Å². The minimum absolute atomic E-state index is 0.218. The van der Waals surface area contributed by atoms with Gasteiger partial charge in [0.05, 0.1) is 6.10 Å². The summed E-state index contributed by atoms with van der Waals surface area (Å²) < 4.78 is 0. The highest BCUT2D eigenvalue weighted by Gasteiger charge is 2.27. The third-order valence-corrected chi connectivity index (χ3v) is 4.99. The zero-order chi connectivity index (χ0) is 11.5. The minimum atomic E-state index is -0.218. The second-order valence-electron chi connectivity index (χ2n) is 5.07. The average Bonchev–Trinajstić information content (AvgIpc) is 2.75. The smallest absolute Gasteiger partial charge is 0.0828 e. The maximum absolute atomic E-state index is 10.4. The fraction of sp³-hybridized carbons (Fsp3) is 0.714. The molecule has 1 saturated carbocycles. The van der Waals surface area contributed by atoms with E-state index < -0.39 is 0 Å². The Morgan fingerprint density at radius 2 is 2.06 bits per heavy atom. The minimum Gasteiger partial charge on any atom is -0.388 e. The molecule has 0 saturated heterocycles. The van der Waals surface area contributed by atoms with Gasteiger partial charge in [-0.2, -0.15) is 0 Å². The summed E-state index contributed by atoms with van der Waals surface area (Å²) in [6.45, 7) is 4.39. The summed E-state index contributed by atoms with van der Waals surface area (Å²) >= 11 is 1.74. The number of hydrogen-bond donors (Lipinski definition) is 1. The summed E-state index contributed by atoms with van der Waals surface area (Å²) in [6, 6.07) is 2.09. The zero-order valence-corrected chi connectivity index (χ0v) is 11.1. The fourth-order valence-corrected chi connectivity index (χ4v) is 3.61. The van der Waals surface area contributed by atoms with E-state index in [0.29, 0.717) is 5.92 Å². The van der Waals surface area contributed by atoms with E-state index in [1.807, 2.05) is 0 Å². The van der Waals surface area contributed by atoms with Crippen molar-refractivity contribution in [2.45, 2.75) is 52.1 Å². The summed E-state index contributed by atoms with van der Waals surface area (Å²) in [7, 11) is 0. The highest BCUT2D eigenvalue weighted by atomic mass is 32.1. The molecule has 1 N–H and O–H groups in total. The molecule has 0 bridgehead atoms. The Morgan fingerprint density at radius 3 is 2.56 bits per heavy atom. The largest absolute Gasteiger partial charge is 0.388 e. The van der Waals surface area contributed by atoms with Gasteiger partial charge in [0, 0.05) is 4.88 Å². The summed E-state index contributed by atoms with van der Waals surface area (Å²) in [5.41, 5.74) is 1.17. The van der Waals surface area contributed by atoms with Gasteiger partial charge in [0.25, 0.3) is 0 Å². The molecule has 0 aliphatic heterocycles. The van der Waals surface area contributed by atoms with E-state index in [0.717, 1.165) is 5.92 Å². The van der Waals surface area contributed by atoms with Crippen molar-refractivity contribution in [2.75, 3.05) is 0 Å². The van der Waals surface area contributed by atoms with Gasteiger partial charge in [-0.3, -0.25) is 0 Å². The third kappa shape index (κ3) is 2.49. The van der Waals surface area contributed by atoms with E-state index in [-0.39, 0.29) is 6.10 Å². The molecule has 90 valence electrons. The first-order chi connectivity index (χ1) is 7.72. The van der Waals surface area contributed by atoms with Crippen LogP contribution in [0, 0.1) is 18.8 Å². The molecule has 1 heterocycles. The van der Waals surface area contributed by atoms with Gasteiger partial charge in [0.2, 0.25) is 0 Å². The Labute approximate surface area is 103 Å². The second-order valence-corrected chi connectivity index (χ2v) is 6.19. The van der Waals surface area contributed by atoms with Gasteiger partial charge in [-0.1, -0.05) is 26.2 Å². The van der Waals surface area contributed by atoms with Gasteiger partial charge in [0.1, 0.15) is 0 Å². The number of aliphatic hydroxyl groups is 1. The van der Waals surface area contributed by atoms with E-state index in [1.54, 1.807) is 11.3 Å². The Balaban J connectivity index is 1.97. The molecule has 1 aliphatic rings. The number of aryl methyl sites for hydroxylation is 1. The van der Waals surface area contributed by atoms with Gasteiger partial charge in [0.15, 0.2) is 0 Å². The zero-order valence-electron chi connectivity index (χ0n) is 10.3. The van der Waals surface area contributed by atoms with Gasteiger partial charge >= 0.3 is 0 Å². The molecule has 1 aromatic heterocycles. The normalized spacial score (nSPS) is 27.9. The first-order valence-electron chi connectivity index (χ1n) is 6.44. The molecule has 1 unspecified atom stereocenters. The molecule has 16 heavy (non-hydrogen) atoms. The van der Waals surface area contributed by atoms with Crippen LogP contribution in [0.1, 0.15) is 55.6 Å². The molecule has 0 radical (unpaired) electrons. The van der Waals surface area contributed by atoms with Crippen molar-refractivity contribution in [3.63, 3.8) is 0 Å². The molecule has 1 aliphatic carbocycles. The SMILES string of the molecule is CCC1CCC(C(O)c2ccsc2C)CC1. The Hall–Kier alpha value is -0.340. The number of thiophene rings is 1. The first kappa shape index (κ1) is 12.1. The molecule has 0 spiro atoms. The molecule has 1 aromatic rings. The molecule has 1 nitrogen and oxygen atoms in total. The van der Waals surface area contributed by atoms with Crippen molar-refractivity contribution in [3.8, 4) is 0 Å². The molecule has 1 fully saturated rings. The lowest BCUT2D eigenvalue weighted by Crippen LogP contribution is -2.20. The lowest BCUT2D eigenvalue weighted by atomic mass is 9.77. The van der Waals surface area contributed by atoms with Crippen molar-refractivity contribution >= 4 is 11.3 Å². The third-order valence-electron chi connectivity index (χ3n) is 4.13. The van der Waals surface area contributed by atoms with Crippen LogP contribution < -0.4 is 0 Å². The van der Waals surface area contributed by atoms with E-state index in [9.17, 15) is 5.11 Å². The topological polar surface area (TPSA) is 20.2 Å². The fourth-order valence-electron chi connectivity index (χ4n) is 2.87. The number of aliphatic hydroxyl groups excluding tert-OH is 1. The quantitative estimate of drug-likeness (QED) is 0.832. The van der Waals surface area contributed by atoms with E-state index in [1.165, 1.54) is 42.5 Å². The molecular formula is C14H22OS. The predicted molar refractivity (Wildman–Crippen MR) is 69.8 cm³/mol. The van der Waals surface area contributed by atoms with Crippen LogP contribution in [0.15, 0.2) is 11.4 Å². The van der Waals surface area contributed by atoms with E-state index in [4.69, 9.17) is 0 Å². The van der Waals surface area contributed by atoms with Crippen LogP contribution in [0.5, 0.6) is 0 Å². The van der Waals surface area contributed by atoms with Crippen LogP contribution in [-0.2, 0) is 0 Å². The van der Waals surface area contributed by atoms with Crippen LogP contribution in [-0.4, -0.2) is 5.11 Å². The van der Waals surface area contributed by atoms with Gasteiger partial charge in [-0.15, -0.1) is 11.3 Å². The monoisotopic (exact) mass is 238 g/mol. The molecule has 2 rings (SSSR count). The molecule has 0 aromatic carbocycles. The van der Waals surface area contributed by atoms with Gasteiger partial charge < -0.3 is 5.11 Å². The van der Waals surface area contributed by atoms with Crippen molar-refractivity contribution in [2.24, 2.45) is 11.8 Å². The average molecular weight is 238 g/mol. The van der Waals surface area contributed by atoms with Gasteiger partial charge in [-0.05, 0) is 48.6 Å². The maximum atomic E-state index is 10.4. The van der Waals surface area contributed by atoms with Crippen molar-refractivity contribution in [1.82, 2.24) is 0 Å². The Kier molecular flexibility index (Phi) is 4.04. The number of rotatable bonds is 3. The molecule has 2 heteroatoms. The molecular weight excluding hydrogens is 216 g/mol. The molecule has 1 atom stereocenters. The summed E-state index contributed by atoms with van der Waals surface area (Å²) in [5, 5.41) is 12.5. The van der Waals surface area contributed by atoms with Crippen molar-refractivity contribution < 1.29 is 5.11 Å². The van der Waals surface area contributed by atoms with E-state index >= 15 is 0 Å². The Morgan fingerprint density at radius 1 is 1.38 bits per heavy atom. The summed E-state index contributed by atoms with van der Waals surface area (Å²) in [6.07, 6.45) is 6.11. The van der Waals surface area contributed by atoms with Crippen molar-refractivity contribution in [3.05, 3.63) is 21.9 Å². The second kappa shape index (κ2) is 5.33. The van der Waals surface area contributed by atoms with Crippen LogP contribution in [0.4, 0.5) is 0 Å². The summed E-state index contributed by atoms with van der Waals surface area (Å²) in [5.74, 6) is 1.41. The predicted octanol–water partition coefficient (Wildman–Crippen LogP) is 4.31. The van der Waals surface area contributed by atoms with Crippen LogP contribution >= 0.6 is 11.3 Å². The standard InChI is InChI=1S/C14H22OS/c1-3-11-4-6-12(7-5-11)14(15)13-8-9-16-10(13)2/h8-9,11-12,14-15H,3-7H2,1-2H3. The highest BCUT2D eigenvalue weighted by Crippen LogP contribution is 2.39. The number of hydrogen-bond acceptors (Lipinski definition) is 2. The summed E-state index contributed by atoms with van der Waals surface area (Å²) in [4.78, 5) is 1.28. The van der Waals surface area contributed by atoms with E-state index in [2.05, 4.69) is 25.3 Å². The van der Waals surface area contributed by atoms with Crippen LogP contribution in [0.3, 0.4) is 0 Å². The lowest BCUT2D eigenvalue weighted by molar-refractivity contribution is 0.0728. The van der Waals surface area contributed by atoms with Gasteiger partial charge in [-0.25, -0.2) is 0 Å². The Bertz CT molecular complexity index is 323. The van der Waals surface area contributed by atoms with Crippen LogP contribution in [0.25, 0.3) is 0 Å². The highest BCUT2D eigenvalue weighted by molar-refractivity contribution is 7.10. The van der Waals surface area contributed by atoms with Crippen molar-refractivity contribution in [1.29, 1.82) is 0 Å². The molecule has 0 amide bonds.